The monoisotopic (exact) mass is 495 g/mol. The maximum Gasteiger partial charge on any atom is 0.272 e. The van der Waals surface area contributed by atoms with E-state index >= 15 is 0 Å². The predicted molar refractivity (Wildman–Crippen MR) is 138 cm³/mol. The van der Waals surface area contributed by atoms with E-state index in [-0.39, 0.29) is 17.4 Å². The molecule has 0 aliphatic carbocycles. The molecular formula is C29H23N2O6+. The molecule has 37 heavy (non-hydrogen) atoms. The first-order valence-electron chi connectivity index (χ1n) is 12.1. The highest BCUT2D eigenvalue weighted by atomic mass is 16.7. The van der Waals surface area contributed by atoms with Crippen LogP contribution < -0.4 is 23.5 Å². The van der Waals surface area contributed by atoms with E-state index in [0.29, 0.717) is 29.2 Å². The fourth-order valence-corrected chi connectivity index (χ4v) is 5.96. The van der Waals surface area contributed by atoms with Gasteiger partial charge in [-0.05, 0) is 35.4 Å². The number of fused-ring (bicyclic) bond motifs is 4. The summed E-state index contributed by atoms with van der Waals surface area (Å²) >= 11 is 0. The maximum atomic E-state index is 11.8. The molecule has 0 fully saturated rings. The Morgan fingerprint density at radius 3 is 2.65 bits per heavy atom. The molecule has 0 amide bonds. The van der Waals surface area contributed by atoms with Gasteiger partial charge in [-0.3, -0.25) is 10.1 Å². The number of hydrogen-bond acceptors (Lipinski definition) is 6. The maximum absolute atomic E-state index is 11.8. The Morgan fingerprint density at radius 1 is 0.973 bits per heavy atom. The molecule has 0 saturated heterocycles. The zero-order chi connectivity index (χ0) is 25.3. The average Bonchev–Trinajstić information content (AvgIpc) is 3.39. The third-order valence-electron chi connectivity index (χ3n) is 7.51. The Balaban J connectivity index is 1.63. The van der Waals surface area contributed by atoms with Gasteiger partial charge < -0.3 is 18.9 Å². The summed E-state index contributed by atoms with van der Waals surface area (Å²) in [5.74, 6) is 2.78. The standard InChI is InChI=1S/C29H23N2O6/c1-34-23-8-7-19-20-12-18(11-16-5-3-4-6-22(16)31(32)33)26-25-17(13-24-29(26)37-15-36-24)9-10-30(27(20)25)14-21(19)28(23)35-2/h3-8,12-14H,9-11,15H2,1-2H3/q+1. The smallest absolute Gasteiger partial charge is 0.272 e. The summed E-state index contributed by atoms with van der Waals surface area (Å²) < 4.78 is 25.4. The van der Waals surface area contributed by atoms with Gasteiger partial charge in [-0.25, -0.2) is 0 Å². The average molecular weight is 496 g/mol. The molecule has 1 aromatic heterocycles. The van der Waals surface area contributed by atoms with E-state index in [0.717, 1.165) is 56.7 Å². The minimum absolute atomic E-state index is 0.104. The van der Waals surface area contributed by atoms with Crippen molar-refractivity contribution < 1.29 is 28.4 Å². The van der Waals surface area contributed by atoms with Crippen molar-refractivity contribution in [2.24, 2.45) is 0 Å². The van der Waals surface area contributed by atoms with E-state index in [1.807, 2.05) is 18.2 Å². The minimum Gasteiger partial charge on any atom is -0.493 e. The first kappa shape index (κ1) is 21.7. The number of aryl methyl sites for hydroxylation is 2. The second-order valence-corrected chi connectivity index (χ2v) is 9.35. The van der Waals surface area contributed by atoms with Crippen molar-refractivity contribution in [1.82, 2.24) is 0 Å². The highest BCUT2D eigenvalue weighted by Gasteiger charge is 2.32. The Morgan fingerprint density at radius 2 is 1.84 bits per heavy atom. The number of para-hydroxylation sites is 1. The van der Waals surface area contributed by atoms with Gasteiger partial charge in [0.1, 0.15) is 0 Å². The summed E-state index contributed by atoms with van der Waals surface area (Å²) in [6.45, 7) is 0.962. The van der Waals surface area contributed by atoms with E-state index in [2.05, 4.69) is 29.0 Å². The predicted octanol–water partition coefficient (Wildman–Crippen LogP) is 5.23. The van der Waals surface area contributed by atoms with Crippen LogP contribution in [0.25, 0.3) is 32.4 Å². The van der Waals surface area contributed by atoms with Crippen LogP contribution in [0, 0.1) is 10.1 Å². The van der Waals surface area contributed by atoms with Gasteiger partial charge >= 0.3 is 0 Å². The Hall–Kier alpha value is -4.59. The van der Waals surface area contributed by atoms with Crippen LogP contribution in [0.3, 0.4) is 0 Å². The lowest BCUT2D eigenvalue weighted by Crippen LogP contribution is -2.38. The minimum atomic E-state index is -0.322. The summed E-state index contributed by atoms with van der Waals surface area (Å²) in [6.07, 6.45) is 3.34. The number of methoxy groups -OCH3 is 2. The highest BCUT2D eigenvalue weighted by Crippen LogP contribution is 2.48. The molecule has 8 nitrogen and oxygen atoms in total. The van der Waals surface area contributed by atoms with Gasteiger partial charge in [-0.1, -0.05) is 18.2 Å². The second kappa shape index (κ2) is 7.96. The Bertz CT molecular complexity index is 1800. The van der Waals surface area contributed by atoms with Gasteiger partial charge in [-0.15, -0.1) is 0 Å². The second-order valence-electron chi connectivity index (χ2n) is 9.35. The zero-order valence-electron chi connectivity index (χ0n) is 20.4. The number of ether oxygens (including phenoxy) is 4. The fourth-order valence-electron chi connectivity index (χ4n) is 5.96. The van der Waals surface area contributed by atoms with Gasteiger partial charge in [0.2, 0.25) is 12.3 Å². The number of aromatic nitrogens is 1. The Kier molecular flexibility index (Phi) is 4.66. The quantitative estimate of drug-likeness (QED) is 0.144. The van der Waals surface area contributed by atoms with Gasteiger partial charge in [-0.2, -0.15) is 4.57 Å². The van der Waals surface area contributed by atoms with E-state index in [1.165, 1.54) is 5.56 Å². The van der Waals surface area contributed by atoms with Gasteiger partial charge in [0.05, 0.1) is 35.3 Å². The van der Waals surface area contributed by atoms with Crippen molar-refractivity contribution in [1.29, 1.82) is 0 Å². The van der Waals surface area contributed by atoms with Crippen LogP contribution in [-0.2, 0) is 19.4 Å². The van der Waals surface area contributed by atoms with E-state index in [4.69, 9.17) is 18.9 Å². The number of hydrogen-bond donors (Lipinski definition) is 0. The molecule has 2 aliphatic heterocycles. The molecule has 0 radical (unpaired) electrons. The van der Waals surface area contributed by atoms with Crippen LogP contribution in [0.15, 0.2) is 54.7 Å². The van der Waals surface area contributed by atoms with Crippen molar-refractivity contribution in [3.05, 3.63) is 81.5 Å². The lowest BCUT2D eigenvalue weighted by atomic mass is 9.88. The molecule has 0 saturated carbocycles. The molecule has 5 aromatic rings. The molecule has 4 aromatic carbocycles. The van der Waals surface area contributed by atoms with E-state index in [1.54, 1.807) is 26.4 Å². The van der Waals surface area contributed by atoms with Crippen molar-refractivity contribution in [3.63, 3.8) is 0 Å². The van der Waals surface area contributed by atoms with Crippen LogP contribution in [0.2, 0.25) is 0 Å². The largest absolute Gasteiger partial charge is 0.493 e. The first-order valence-corrected chi connectivity index (χ1v) is 12.1. The van der Waals surface area contributed by atoms with Crippen LogP contribution in [-0.4, -0.2) is 25.9 Å². The third kappa shape index (κ3) is 3.05. The molecule has 0 spiro atoms. The molecule has 184 valence electrons. The van der Waals surface area contributed by atoms with Crippen molar-refractivity contribution >= 4 is 38.1 Å². The molecule has 7 rings (SSSR count). The number of nitro groups is 1. The lowest BCUT2D eigenvalue weighted by Gasteiger charge is -2.20. The van der Waals surface area contributed by atoms with Crippen LogP contribution in [0.5, 0.6) is 23.0 Å². The number of pyridine rings is 1. The van der Waals surface area contributed by atoms with Gasteiger partial charge in [0, 0.05) is 35.2 Å². The van der Waals surface area contributed by atoms with E-state index < -0.39 is 0 Å². The first-order chi connectivity index (χ1) is 18.1. The van der Waals surface area contributed by atoms with Gasteiger partial charge in [0.15, 0.2) is 35.7 Å². The molecule has 0 atom stereocenters. The summed E-state index contributed by atoms with van der Waals surface area (Å²) in [7, 11) is 3.28. The summed E-state index contributed by atoms with van der Waals surface area (Å²) in [6, 6.07) is 15.1. The fraction of sp³-hybridized carbons (Fsp3) is 0.207. The van der Waals surface area contributed by atoms with Crippen molar-refractivity contribution in [2.75, 3.05) is 21.0 Å². The summed E-state index contributed by atoms with van der Waals surface area (Å²) in [4.78, 5) is 11.5. The normalized spacial score (nSPS) is 13.6. The number of benzene rings is 4. The van der Waals surface area contributed by atoms with Crippen LogP contribution >= 0.6 is 0 Å². The number of nitrogens with zero attached hydrogens (tertiary/aromatic N) is 2. The summed E-state index contributed by atoms with van der Waals surface area (Å²) in [5, 5.41) is 16.9. The molecule has 0 bridgehead atoms. The van der Waals surface area contributed by atoms with Crippen LogP contribution in [0.1, 0.15) is 16.7 Å². The highest BCUT2D eigenvalue weighted by molar-refractivity contribution is 6.18. The Labute approximate surface area is 211 Å². The molecule has 8 heteroatoms. The SMILES string of the molecule is COc1ccc2c(c[n+]3c4c2cc(Cc2ccccc2[N+](=O)[O-])c2c5c(cc(c24)CC3)OCO5)c1OC. The molecule has 0 unspecified atom stereocenters. The number of nitro benzene ring substituents is 1. The summed E-state index contributed by atoms with van der Waals surface area (Å²) in [5.41, 5.74) is 4.01. The third-order valence-corrected chi connectivity index (χ3v) is 7.51. The molecule has 3 heterocycles. The van der Waals surface area contributed by atoms with E-state index in [9.17, 15) is 10.1 Å². The molecule has 2 aliphatic rings. The van der Waals surface area contributed by atoms with Crippen LogP contribution in [0.4, 0.5) is 5.69 Å². The van der Waals surface area contributed by atoms with Crippen molar-refractivity contribution in [2.45, 2.75) is 19.4 Å². The van der Waals surface area contributed by atoms with Gasteiger partial charge in [0.25, 0.3) is 5.69 Å². The lowest BCUT2D eigenvalue weighted by molar-refractivity contribution is -0.670. The molecular weight excluding hydrogens is 472 g/mol. The topological polar surface area (TPSA) is 83.9 Å². The zero-order valence-corrected chi connectivity index (χ0v) is 20.4. The van der Waals surface area contributed by atoms with Crippen molar-refractivity contribution in [3.8, 4) is 23.0 Å². The molecule has 0 N–H and O–H groups in total. The number of rotatable bonds is 5.